The van der Waals surface area contributed by atoms with Crippen molar-refractivity contribution in [3.05, 3.63) is 16.1 Å². The third kappa shape index (κ3) is 4.29. The van der Waals surface area contributed by atoms with Gasteiger partial charge in [-0.15, -0.1) is 11.3 Å². The lowest BCUT2D eigenvalue weighted by Gasteiger charge is -2.07. The topological polar surface area (TPSA) is 51.2 Å². The second-order valence-electron chi connectivity index (χ2n) is 3.38. The van der Waals surface area contributed by atoms with E-state index in [2.05, 4.69) is 17.2 Å². The predicted octanol–water partition coefficient (Wildman–Crippen LogP) is 2.34. The zero-order valence-corrected chi connectivity index (χ0v) is 10.1. The summed E-state index contributed by atoms with van der Waals surface area (Å²) >= 11 is 1.61. The van der Waals surface area contributed by atoms with Crippen molar-refractivity contribution in [3.63, 3.8) is 0 Å². The molecule has 1 rings (SSSR count). The first-order valence-electron chi connectivity index (χ1n) is 5.00. The molecule has 1 amide bonds. The molecule has 0 aliphatic rings. The van der Waals surface area contributed by atoms with Crippen LogP contribution in [0.4, 0.5) is 4.79 Å². The van der Waals surface area contributed by atoms with Crippen LogP contribution in [0.15, 0.2) is 6.20 Å². The largest absolute Gasteiger partial charge is 0.447 e. The van der Waals surface area contributed by atoms with Crippen molar-refractivity contribution in [1.29, 1.82) is 0 Å². The van der Waals surface area contributed by atoms with Gasteiger partial charge in [0.1, 0.15) is 5.01 Å². The van der Waals surface area contributed by atoms with Gasteiger partial charge in [-0.2, -0.15) is 0 Å². The van der Waals surface area contributed by atoms with Gasteiger partial charge < -0.3 is 10.1 Å². The summed E-state index contributed by atoms with van der Waals surface area (Å²) in [4.78, 5) is 16.6. The zero-order chi connectivity index (χ0) is 11.3. The molecule has 1 aromatic rings. The maximum Gasteiger partial charge on any atom is 0.407 e. The molecule has 0 saturated carbocycles. The van der Waals surface area contributed by atoms with Crippen LogP contribution in [-0.4, -0.2) is 17.2 Å². The highest BCUT2D eigenvalue weighted by atomic mass is 32.1. The van der Waals surface area contributed by atoms with E-state index in [1.165, 1.54) is 4.88 Å². The summed E-state index contributed by atoms with van der Waals surface area (Å²) in [6.45, 7) is 6.16. The van der Waals surface area contributed by atoms with Gasteiger partial charge in [-0.1, -0.05) is 6.92 Å². The summed E-state index contributed by atoms with van der Waals surface area (Å²) in [6.07, 6.45) is 2.34. The molecule has 4 nitrogen and oxygen atoms in total. The Kier molecular flexibility index (Phi) is 4.55. The first-order valence-corrected chi connectivity index (χ1v) is 5.81. The van der Waals surface area contributed by atoms with Crippen LogP contribution < -0.4 is 5.32 Å². The number of carbonyl (C=O) groups is 1. The summed E-state index contributed by atoms with van der Waals surface area (Å²) in [5.74, 6) is 0. The molecule has 1 aromatic heterocycles. The van der Waals surface area contributed by atoms with Crippen molar-refractivity contribution in [2.75, 3.05) is 0 Å². The van der Waals surface area contributed by atoms with Crippen molar-refractivity contribution < 1.29 is 9.53 Å². The fourth-order valence-electron chi connectivity index (χ4n) is 0.997. The summed E-state index contributed by atoms with van der Waals surface area (Å²) in [7, 11) is 0. The molecule has 84 valence electrons. The Hall–Kier alpha value is -1.10. The van der Waals surface area contributed by atoms with E-state index in [0.29, 0.717) is 6.54 Å². The normalized spacial score (nSPS) is 10.4. The fourth-order valence-corrected chi connectivity index (χ4v) is 1.80. The molecule has 0 aromatic carbocycles. The van der Waals surface area contributed by atoms with Crippen LogP contribution in [0.5, 0.6) is 0 Å². The number of nitrogens with one attached hydrogen (secondary N) is 1. The highest BCUT2D eigenvalue weighted by Gasteiger charge is 2.06. The average Bonchev–Trinajstić information content (AvgIpc) is 2.61. The van der Waals surface area contributed by atoms with Crippen molar-refractivity contribution in [2.45, 2.75) is 39.8 Å². The number of nitrogens with zero attached hydrogens (tertiary/aromatic N) is 1. The Morgan fingerprint density at radius 2 is 2.40 bits per heavy atom. The quantitative estimate of drug-likeness (QED) is 0.860. The minimum absolute atomic E-state index is 0.0903. The third-order valence-electron chi connectivity index (χ3n) is 1.68. The van der Waals surface area contributed by atoms with E-state index in [1.807, 2.05) is 20.0 Å². The molecule has 0 bridgehead atoms. The van der Waals surface area contributed by atoms with E-state index in [4.69, 9.17) is 4.74 Å². The summed E-state index contributed by atoms with van der Waals surface area (Å²) in [5.41, 5.74) is 0. The highest BCUT2D eigenvalue weighted by Crippen LogP contribution is 2.12. The van der Waals surface area contributed by atoms with E-state index >= 15 is 0 Å². The Morgan fingerprint density at radius 3 is 2.93 bits per heavy atom. The Balaban J connectivity index is 2.33. The molecule has 0 aliphatic heterocycles. The maximum absolute atomic E-state index is 11.1. The van der Waals surface area contributed by atoms with Crippen LogP contribution >= 0.6 is 11.3 Å². The van der Waals surface area contributed by atoms with Gasteiger partial charge >= 0.3 is 6.09 Å². The lowest BCUT2D eigenvalue weighted by Crippen LogP contribution is -2.26. The Labute approximate surface area is 93.7 Å². The number of thiazole rings is 1. The van der Waals surface area contributed by atoms with Gasteiger partial charge in [-0.3, -0.25) is 0 Å². The predicted molar refractivity (Wildman–Crippen MR) is 59.9 cm³/mol. The van der Waals surface area contributed by atoms with E-state index in [9.17, 15) is 4.79 Å². The summed E-state index contributed by atoms with van der Waals surface area (Å²) in [5, 5.41) is 3.56. The number of carbonyl (C=O) groups excluding carboxylic acids is 1. The average molecular weight is 228 g/mol. The third-order valence-corrected chi connectivity index (χ3v) is 2.82. The van der Waals surface area contributed by atoms with Gasteiger partial charge in [-0.05, 0) is 20.3 Å². The number of alkyl carbamates (subject to hydrolysis) is 1. The van der Waals surface area contributed by atoms with Crippen LogP contribution in [-0.2, 0) is 17.7 Å². The first-order chi connectivity index (χ1) is 7.11. The van der Waals surface area contributed by atoms with Crippen molar-refractivity contribution >= 4 is 17.4 Å². The second kappa shape index (κ2) is 5.70. The highest BCUT2D eigenvalue weighted by molar-refractivity contribution is 7.11. The van der Waals surface area contributed by atoms with E-state index < -0.39 is 6.09 Å². The molecule has 0 fully saturated rings. The van der Waals surface area contributed by atoms with Crippen LogP contribution in [0.1, 0.15) is 30.7 Å². The Bertz CT molecular complexity index is 323. The standard InChI is InChI=1S/C10H16N2O2S/c1-4-8-5-11-9(15-8)6-12-10(13)14-7(2)3/h5,7H,4,6H2,1-3H3,(H,12,13). The van der Waals surface area contributed by atoms with Gasteiger partial charge in [0.2, 0.25) is 0 Å². The second-order valence-corrected chi connectivity index (χ2v) is 4.58. The molecular formula is C10H16N2O2S. The SMILES string of the molecule is CCc1cnc(CNC(=O)OC(C)C)s1. The summed E-state index contributed by atoms with van der Waals surface area (Å²) < 4.78 is 4.93. The minimum Gasteiger partial charge on any atom is -0.447 e. The van der Waals surface area contributed by atoms with Gasteiger partial charge in [0.15, 0.2) is 0 Å². The number of hydrogen-bond acceptors (Lipinski definition) is 4. The number of ether oxygens (including phenoxy) is 1. The molecule has 0 radical (unpaired) electrons. The monoisotopic (exact) mass is 228 g/mol. The van der Waals surface area contributed by atoms with Crippen LogP contribution in [0.3, 0.4) is 0 Å². The number of aryl methyl sites for hydroxylation is 1. The molecule has 1 N–H and O–H groups in total. The number of hydrogen-bond donors (Lipinski definition) is 1. The van der Waals surface area contributed by atoms with Crippen LogP contribution in [0.2, 0.25) is 0 Å². The summed E-state index contributed by atoms with van der Waals surface area (Å²) in [6, 6.07) is 0. The van der Waals surface area contributed by atoms with Crippen LogP contribution in [0.25, 0.3) is 0 Å². The number of amides is 1. The molecule has 0 spiro atoms. The fraction of sp³-hybridized carbons (Fsp3) is 0.600. The number of aromatic nitrogens is 1. The smallest absolute Gasteiger partial charge is 0.407 e. The minimum atomic E-state index is -0.391. The van der Waals surface area contributed by atoms with E-state index in [-0.39, 0.29) is 6.10 Å². The van der Waals surface area contributed by atoms with Crippen LogP contribution in [0, 0.1) is 0 Å². The lowest BCUT2D eigenvalue weighted by atomic mass is 10.4. The van der Waals surface area contributed by atoms with Crippen molar-refractivity contribution in [3.8, 4) is 0 Å². The molecule has 0 aliphatic carbocycles. The molecule has 0 unspecified atom stereocenters. The molecule has 15 heavy (non-hydrogen) atoms. The van der Waals surface area contributed by atoms with Gasteiger partial charge in [0.05, 0.1) is 12.6 Å². The molecule has 0 saturated heterocycles. The first kappa shape index (κ1) is 12.0. The molecule has 5 heteroatoms. The zero-order valence-electron chi connectivity index (χ0n) is 9.24. The maximum atomic E-state index is 11.1. The molecule has 1 heterocycles. The molecule has 0 atom stereocenters. The van der Waals surface area contributed by atoms with Crippen molar-refractivity contribution in [2.24, 2.45) is 0 Å². The Morgan fingerprint density at radius 1 is 1.67 bits per heavy atom. The number of rotatable bonds is 4. The van der Waals surface area contributed by atoms with Crippen molar-refractivity contribution in [1.82, 2.24) is 10.3 Å². The van der Waals surface area contributed by atoms with Gasteiger partial charge in [0, 0.05) is 11.1 Å². The van der Waals surface area contributed by atoms with E-state index in [1.54, 1.807) is 11.3 Å². The van der Waals surface area contributed by atoms with Gasteiger partial charge in [-0.25, -0.2) is 9.78 Å². The molecular weight excluding hydrogens is 212 g/mol. The van der Waals surface area contributed by atoms with E-state index in [0.717, 1.165) is 11.4 Å². The lowest BCUT2D eigenvalue weighted by molar-refractivity contribution is 0.115. The van der Waals surface area contributed by atoms with Gasteiger partial charge in [0.25, 0.3) is 0 Å².